The monoisotopic (exact) mass is 746 g/mol. The smallest absolute Gasteiger partial charge is 0.192 e. The Kier molecular flexibility index (Phi) is 15.6. The SMILES string of the molecule is C#CC[C@@H](C)[C@@H](OCc1ccc(OC)cc1)[C@H](O[Si](CC)(CC)CC)[C@H]1O[C@@H](CC/C=C/[C@H]2OC(C)(C)O[C@@H]2C=C)C[C@@H]1[Si](C)(C)c1ccccc1. The van der Waals surface area contributed by atoms with Gasteiger partial charge < -0.3 is 28.1 Å². The van der Waals surface area contributed by atoms with Crippen molar-refractivity contribution in [3.63, 3.8) is 0 Å². The van der Waals surface area contributed by atoms with Gasteiger partial charge in [0.1, 0.15) is 18.0 Å². The van der Waals surface area contributed by atoms with Crippen LogP contribution in [0.2, 0.25) is 36.8 Å². The molecule has 52 heavy (non-hydrogen) atoms. The van der Waals surface area contributed by atoms with E-state index < -0.39 is 22.2 Å². The van der Waals surface area contributed by atoms with Crippen LogP contribution in [0, 0.1) is 18.3 Å². The van der Waals surface area contributed by atoms with Crippen LogP contribution in [0.25, 0.3) is 0 Å². The van der Waals surface area contributed by atoms with Gasteiger partial charge in [0.2, 0.25) is 0 Å². The van der Waals surface area contributed by atoms with E-state index in [0.717, 1.165) is 48.7 Å². The van der Waals surface area contributed by atoms with E-state index >= 15 is 0 Å². The van der Waals surface area contributed by atoms with Gasteiger partial charge in [-0.3, -0.25) is 0 Å². The molecule has 2 fully saturated rings. The summed E-state index contributed by atoms with van der Waals surface area (Å²) in [6.07, 6.45) is 14.8. The zero-order valence-corrected chi connectivity index (χ0v) is 35.4. The predicted octanol–water partition coefficient (Wildman–Crippen LogP) is 9.82. The first-order valence-electron chi connectivity index (χ1n) is 19.6. The lowest BCUT2D eigenvalue weighted by atomic mass is 9.92. The number of hydrogen-bond donors (Lipinski definition) is 0. The van der Waals surface area contributed by atoms with Gasteiger partial charge >= 0.3 is 0 Å². The Labute approximate surface area is 317 Å². The van der Waals surface area contributed by atoms with Crippen LogP contribution in [-0.4, -0.2) is 65.9 Å². The summed E-state index contributed by atoms with van der Waals surface area (Å²) in [5.41, 5.74) is 1.42. The second kappa shape index (κ2) is 19.2. The number of benzene rings is 2. The largest absolute Gasteiger partial charge is 0.497 e. The lowest BCUT2D eigenvalue weighted by Crippen LogP contribution is -2.57. The summed E-state index contributed by atoms with van der Waals surface area (Å²) in [5.74, 6) is 3.24. The summed E-state index contributed by atoms with van der Waals surface area (Å²) in [4.78, 5) is 0. The normalized spacial score (nSPS) is 25.1. The van der Waals surface area contributed by atoms with E-state index in [9.17, 15) is 0 Å². The zero-order chi connectivity index (χ0) is 37.9. The highest BCUT2D eigenvalue weighted by Gasteiger charge is 2.53. The second-order valence-electron chi connectivity index (χ2n) is 15.8. The van der Waals surface area contributed by atoms with Crippen molar-refractivity contribution in [2.24, 2.45) is 5.92 Å². The molecule has 0 spiro atoms. The van der Waals surface area contributed by atoms with Gasteiger partial charge in [-0.2, -0.15) is 0 Å². The van der Waals surface area contributed by atoms with Crippen LogP contribution < -0.4 is 9.92 Å². The molecule has 0 saturated carbocycles. The van der Waals surface area contributed by atoms with Crippen LogP contribution in [0.1, 0.15) is 72.8 Å². The first-order valence-corrected chi connectivity index (χ1v) is 25.2. The third kappa shape index (κ3) is 10.6. The minimum absolute atomic E-state index is 0.0777. The Balaban J connectivity index is 1.70. The summed E-state index contributed by atoms with van der Waals surface area (Å²) in [5, 5.41) is 1.45. The van der Waals surface area contributed by atoms with E-state index in [1.165, 1.54) is 5.19 Å². The molecule has 0 aliphatic carbocycles. The summed E-state index contributed by atoms with van der Waals surface area (Å²) in [6, 6.07) is 22.4. The Morgan fingerprint density at radius 2 is 1.65 bits per heavy atom. The fraction of sp³-hybridized carbons (Fsp3) is 0.591. The zero-order valence-electron chi connectivity index (χ0n) is 33.4. The molecule has 0 N–H and O–H groups in total. The molecule has 2 aromatic carbocycles. The Morgan fingerprint density at radius 3 is 2.25 bits per heavy atom. The molecule has 4 rings (SSSR count). The minimum Gasteiger partial charge on any atom is -0.497 e. The number of hydrogen-bond acceptors (Lipinski definition) is 6. The van der Waals surface area contributed by atoms with Crippen molar-refractivity contribution in [3.05, 3.63) is 85.0 Å². The summed E-state index contributed by atoms with van der Waals surface area (Å²) >= 11 is 0. The topological polar surface area (TPSA) is 55.4 Å². The van der Waals surface area contributed by atoms with Crippen molar-refractivity contribution in [2.75, 3.05) is 7.11 Å². The van der Waals surface area contributed by atoms with Crippen LogP contribution in [0.4, 0.5) is 0 Å². The molecule has 2 aromatic rings. The molecule has 0 unspecified atom stereocenters. The average molecular weight is 747 g/mol. The highest BCUT2D eigenvalue weighted by atomic mass is 28.4. The second-order valence-corrected chi connectivity index (χ2v) is 25.3. The van der Waals surface area contributed by atoms with E-state index in [-0.39, 0.29) is 42.5 Å². The maximum atomic E-state index is 7.64. The Hall–Kier alpha value is -2.49. The molecule has 2 heterocycles. The van der Waals surface area contributed by atoms with Gasteiger partial charge in [0.15, 0.2) is 14.1 Å². The van der Waals surface area contributed by atoms with Crippen LogP contribution in [0.15, 0.2) is 79.4 Å². The highest BCUT2D eigenvalue weighted by Crippen LogP contribution is 2.46. The Bertz CT molecular complexity index is 1440. The number of allylic oxidation sites excluding steroid dienone is 1. The van der Waals surface area contributed by atoms with Gasteiger partial charge in [0, 0.05) is 6.42 Å². The van der Waals surface area contributed by atoms with Crippen LogP contribution in [0.3, 0.4) is 0 Å². The first kappa shape index (κ1) is 42.3. The summed E-state index contributed by atoms with van der Waals surface area (Å²) in [6.45, 7) is 22.5. The van der Waals surface area contributed by atoms with Gasteiger partial charge in [0.05, 0.1) is 46.2 Å². The van der Waals surface area contributed by atoms with E-state index in [1.807, 2.05) is 32.1 Å². The molecule has 286 valence electrons. The quantitative estimate of drug-likeness (QED) is 0.0764. The van der Waals surface area contributed by atoms with E-state index in [4.69, 9.17) is 34.5 Å². The summed E-state index contributed by atoms with van der Waals surface area (Å²) in [7, 11) is -2.51. The van der Waals surface area contributed by atoms with Crippen LogP contribution in [0.5, 0.6) is 5.75 Å². The van der Waals surface area contributed by atoms with Gasteiger partial charge in [-0.1, -0.05) is 107 Å². The molecule has 2 aliphatic heterocycles. The predicted molar refractivity (Wildman–Crippen MR) is 219 cm³/mol. The van der Waals surface area contributed by atoms with Gasteiger partial charge in [-0.05, 0) is 80.4 Å². The molecule has 8 heteroatoms. The van der Waals surface area contributed by atoms with E-state index in [1.54, 1.807) is 7.11 Å². The standard InChI is InChI=1S/C44H66O6Si2/c1-12-22-33(6)41(46-32-34-27-29-35(45-9)30-28-34)43(50-52(14-3,15-4)16-5)42-40(51(10,11)37-24-18-17-19-25-37)31-36(47-42)23-20-21-26-39-38(13-2)48-44(7,8)49-39/h1,13,17-19,21,24-30,33,36,38-43H,2,14-16,20,22-23,31-32H2,3-11H3/b26-21+/t33-,36+,38-,39-,40+,41-,42+,43+/m1/s1. The van der Waals surface area contributed by atoms with Gasteiger partial charge in [-0.15, -0.1) is 18.9 Å². The highest BCUT2D eigenvalue weighted by molar-refractivity contribution is 6.91. The van der Waals surface area contributed by atoms with Crippen molar-refractivity contribution >= 4 is 21.6 Å². The molecule has 8 atom stereocenters. The van der Waals surface area contributed by atoms with Gasteiger partial charge in [0.25, 0.3) is 0 Å². The molecule has 2 aliphatic rings. The number of rotatable bonds is 20. The van der Waals surface area contributed by atoms with Crippen molar-refractivity contribution < 1.29 is 28.1 Å². The van der Waals surface area contributed by atoms with Crippen molar-refractivity contribution in [1.82, 2.24) is 0 Å². The lowest BCUT2D eigenvalue weighted by Gasteiger charge is -2.45. The maximum Gasteiger partial charge on any atom is 0.192 e. The molecular weight excluding hydrogens is 681 g/mol. The molecule has 6 nitrogen and oxygen atoms in total. The molecule has 0 aromatic heterocycles. The molecule has 2 saturated heterocycles. The minimum atomic E-state index is -2.12. The van der Waals surface area contributed by atoms with Crippen LogP contribution >= 0.6 is 0 Å². The third-order valence-electron chi connectivity index (χ3n) is 11.7. The molecule has 0 bridgehead atoms. The summed E-state index contributed by atoms with van der Waals surface area (Å²) < 4.78 is 39.6. The fourth-order valence-corrected chi connectivity index (χ4v) is 14.4. The Morgan fingerprint density at radius 1 is 1.00 bits per heavy atom. The van der Waals surface area contributed by atoms with E-state index in [2.05, 4.69) is 108 Å². The van der Waals surface area contributed by atoms with Crippen molar-refractivity contribution in [1.29, 1.82) is 0 Å². The lowest BCUT2D eigenvalue weighted by molar-refractivity contribution is -0.139. The number of terminal acetylenes is 1. The van der Waals surface area contributed by atoms with Crippen LogP contribution in [-0.2, 0) is 30.0 Å². The molecule has 0 radical (unpaired) electrons. The van der Waals surface area contributed by atoms with Crippen molar-refractivity contribution in [2.45, 2.75) is 153 Å². The average Bonchev–Trinajstić information content (AvgIpc) is 3.72. The van der Waals surface area contributed by atoms with Gasteiger partial charge in [-0.25, -0.2) is 0 Å². The fourth-order valence-electron chi connectivity index (χ4n) is 8.14. The maximum absolute atomic E-state index is 7.64. The molecular formula is C44H66O6Si2. The van der Waals surface area contributed by atoms with Crippen molar-refractivity contribution in [3.8, 4) is 18.1 Å². The third-order valence-corrected chi connectivity index (χ3v) is 20.5. The number of methoxy groups -OCH3 is 1. The number of ether oxygens (including phenoxy) is 5. The first-order chi connectivity index (χ1) is 24.9. The molecule has 0 amide bonds. The van der Waals surface area contributed by atoms with E-state index in [0.29, 0.717) is 18.6 Å².